The van der Waals surface area contributed by atoms with E-state index in [-0.39, 0.29) is 6.10 Å². The van der Waals surface area contributed by atoms with Gasteiger partial charge >= 0.3 is 0 Å². The van der Waals surface area contributed by atoms with Crippen LogP contribution in [0.25, 0.3) is 0 Å². The Balaban J connectivity index is 4.61. The maximum Gasteiger partial charge on any atom is 0.148 e. The molecule has 0 aliphatic heterocycles. The lowest BCUT2D eigenvalue weighted by Crippen LogP contribution is -2.22. The van der Waals surface area contributed by atoms with Crippen LogP contribution in [0.1, 0.15) is 40.5 Å². The van der Waals surface area contributed by atoms with Crippen molar-refractivity contribution in [3.05, 3.63) is 11.6 Å². The highest BCUT2D eigenvalue weighted by Gasteiger charge is 2.16. The Hall–Kier alpha value is -0.780. The van der Waals surface area contributed by atoms with Gasteiger partial charge in [-0.2, -0.15) is 0 Å². The zero-order valence-corrected chi connectivity index (χ0v) is 11.2. The monoisotopic (exact) mass is 224 g/mol. The normalized spacial score (nSPS) is 15.2. The predicted molar refractivity (Wildman–Crippen MR) is 68.0 cm³/mol. The molecule has 0 aromatic heterocycles. The minimum atomic E-state index is -0.0588. The van der Waals surface area contributed by atoms with Crippen LogP contribution in [0.4, 0.5) is 0 Å². The van der Waals surface area contributed by atoms with E-state index in [1.165, 1.54) is 5.57 Å². The third-order valence-corrected chi connectivity index (χ3v) is 2.57. The van der Waals surface area contributed by atoms with Gasteiger partial charge in [-0.25, -0.2) is 0 Å². The van der Waals surface area contributed by atoms with Crippen LogP contribution >= 0.6 is 0 Å². The molecule has 16 heavy (non-hydrogen) atoms. The summed E-state index contributed by atoms with van der Waals surface area (Å²) < 4.78 is 10.5. The van der Waals surface area contributed by atoms with Gasteiger partial charge in [0.15, 0.2) is 0 Å². The van der Waals surface area contributed by atoms with Gasteiger partial charge in [0, 0.05) is 13.0 Å². The SMILES string of the molecule is CC#C[C@H](OCOC)[C@H](/C=C(\C)CC)CC. The number of methoxy groups -OCH3 is 1. The molecule has 0 N–H and O–H groups in total. The van der Waals surface area contributed by atoms with Crippen molar-refractivity contribution in [1.82, 2.24) is 0 Å². The minimum Gasteiger partial charge on any atom is -0.359 e. The number of hydrogen-bond acceptors (Lipinski definition) is 2. The van der Waals surface area contributed by atoms with E-state index in [0.29, 0.717) is 12.7 Å². The van der Waals surface area contributed by atoms with Crippen molar-refractivity contribution in [3.8, 4) is 11.8 Å². The summed E-state index contributed by atoms with van der Waals surface area (Å²) in [5.74, 6) is 6.37. The van der Waals surface area contributed by atoms with Gasteiger partial charge in [0.05, 0.1) is 0 Å². The summed E-state index contributed by atoms with van der Waals surface area (Å²) >= 11 is 0. The first-order valence-electron chi connectivity index (χ1n) is 5.89. The summed E-state index contributed by atoms with van der Waals surface area (Å²) in [5.41, 5.74) is 1.38. The zero-order chi connectivity index (χ0) is 12.4. The largest absolute Gasteiger partial charge is 0.359 e. The molecular weight excluding hydrogens is 200 g/mol. The van der Waals surface area contributed by atoms with Gasteiger partial charge in [0.2, 0.25) is 0 Å². The number of hydrogen-bond donors (Lipinski definition) is 0. The Kier molecular flexibility index (Phi) is 8.99. The zero-order valence-electron chi connectivity index (χ0n) is 11.2. The lowest BCUT2D eigenvalue weighted by atomic mass is 9.96. The van der Waals surface area contributed by atoms with Crippen LogP contribution in [0.15, 0.2) is 11.6 Å². The summed E-state index contributed by atoms with van der Waals surface area (Å²) in [6.07, 6.45) is 4.31. The van der Waals surface area contributed by atoms with Crippen molar-refractivity contribution in [3.63, 3.8) is 0 Å². The molecule has 92 valence electrons. The smallest absolute Gasteiger partial charge is 0.148 e. The summed E-state index contributed by atoms with van der Waals surface area (Å²) in [5, 5.41) is 0. The van der Waals surface area contributed by atoms with Crippen molar-refractivity contribution in [2.45, 2.75) is 46.6 Å². The number of rotatable bonds is 7. The summed E-state index contributed by atoms with van der Waals surface area (Å²) in [4.78, 5) is 0. The highest BCUT2D eigenvalue weighted by Crippen LogP contribution is 2.17. The van der Waals surface area contributed by atoms with E-state index >= 15 is 0 Å². The Morgan fingerprint density at radius 1 is 1.38 bits per heavy atom. The second-order valence-electron chi connectivity index (χ2n) is 3.83. The number of ether oxygens (including phenoxy) is 2. The Bertz CT molecular complexity index is 258. The maximum absolute atomic E-state index is 5.59. The molecular formula is C14H24O2. The van der Waals surface area contributed by atoms with Crippen molar-refractivity contribution in [1.29, 1.82) is 0 Å². The van der Waals surface area contributed by atoms with Crippen molar-refractivity contribution in [2.24, 2.45) is 5.92 Å². The molecule has 2 atom stereocenters. The van der Waals surface area contributed by atoms with Gasteiger partial charge in [-0.1, -0.05) is 31.4 Å². The van der Waals surface area contributed by atoms with Crippen molar-refractivity contribution < 1.29 is 9.47 Å². The molecule has 0 amide bonds. The van der Waals surface area contributed by atoms with Gasteiger partial charge in [-0.3, -0.25) is 0 Å². The van der Waals surface area contributed by atoms with E-state index in [4.69, 9.17) is 9.47 Å². The molecule has 0 fully saturated rings. The maximum atomic E-state index is 5.59. The molecule has 0 spiro atoms. The molecule has 0 aromatic carbocycles. The minimum absolute atomic E-state index is 0.0588. The molecule has 0 rings (SSSR count). The second-order valence-corrected chi connectivity index (χ2v) is 3.83. The van der Waals surface area contributed by atoms with E-state index in [9.17, 15) is 0 Å². The molecule has 2 nitrogen and oxygen atoms in total. The third-order valence-electron chi connectivity index (χ3n) is 2.57. The average Bonchev–Trinajstić information content (AvgIpc) is 2.31. The quantitative estimate of drug-likeness (QED) is 0.375. The Labute approximate surface area is 100 Å². The molecule has 0 aromatic rings. The van der Waals surface area contributed by atoms with Crippen molar-refractivity contribution >= 4 is 0 Å². The van der Waals surface area contributed by atoms with E-state index in [2.05, 4.69) is 38.7 Å². The highest BCUT2D eigenvalue weighted by molar-refractivity contribution is 5.11. The molecule has 2 heteroatoms. The molecule has 0 bridgehead atoms. The average molecular weight is 224 g/mol. The van der Waals surface area contributed by atoms with E-state index in [1.807, 2.05) is 6.92 Å². The molecule has 0 aliphatic rings. The van der Waals surface area contributed by atoms with Gasteiger partial charge in [0.1, 0.15) is 12.9 Å². The fraction of sp³-hybridized carbons (Fsp3) is 0.714. The molecule has 0 heterocycles. The van der Waals surface area contributed by atoms with Crippen LogP contribution in [0.2, 0.25) is 0 Å². The van der Waals surface area contributed by atoms with Gasteiger partial charge in [0.25, 0.3) is 0 Å². The topological polar surface area (TPSA) is 18.5 Å². The van der Waals surface area contributed by atoms with Gasteiger partial charge < -0.3 is 9.47 Å². The summed E-state index contributed by atoms with van der Waals surface area (Å²) in [6, 6.07) is 0. The second kappa shape index (κ2) is 9.45. The van der Waals surface area contributed by atoms with Crippen LogP contribution in [0.5, 0.6) is 0 Å². The summed E-state index contributed by atoms with van der Waals surface area (Å²) in [7, 11) is 1.63. The molecule has 0 aliphatic carbocycles. The fourth-order valence-corrected chi connectivity index (χ4v) is 1.46. The van der Waals surface area contributed by atoms with Crippen LogP contribution < -0.4 is 0 Å². The van der Waals surface area contributed by atoms with E-state index < -0.39 is 0 Å². The standard InChI is InChI=1S/C14H24O2/c1-6-9-14(16-11-15-5)13(8-3)10-12(4)7-2/h10,13-14H,7-8,11H2,1-5H3/b12-10+/t13-,14-/m0/s1. The predicted octanol–water partition coefficient (Wildman–Crippen LogP) is 3.38. The van der Waals surface area contributed by atoms with Gasteiger partial charge in [-0.05, 0) is 26.7 Å². The lowest BCUT2D eigenvalue weighted by Gasteiger charge is -2.19. The van der Waals surface area contributed by atoms with E-state index in [1.54, 1.807) is 7.11 Å². The first kappa shape index (κ1) is 15.2. The van der Waals surface area contributed by atoms with Crippen LogP contribution in [-0.2, 0) is 9.47 Å². The van der Waals surface area contributed by atoms with Gasteiger partial charge in [-0.15, -0.1) is 5.92 Å². The Morgan fingerprint density at radius 3 is 2.50 bits per heavy atom. The fourth-order valence-electron chi connectivity index (χ4n) is 1.46. The van der Waals surface area contributed by atoms with Crippen LogP contribution in [-0.4, -0.2) is 20.0 Å². The first-order valence-corrected chi connectivity index (χ1v) is 5.89. The number of allylic oxidation sites excluding steroid dienone is 1. The lowest BCUT2D eigenvalue weighted by molar-refractivity contribution is -0.0642. The highest BCUT2D eigenvalue weighted by atomic mass is 16.7. The van der Waals surface area contributed by atoms with Crippen LogP contribution in [0.3, 0.4) is 0 Å². The van der Waals surface area contributed by atoms with E-state index in [0.717, 1.165) is 12.8 Å². The third kappa shape index (κ3) is 5.95. The summed E-state index contributed by atoms with van der Waals surface area (Å²) in [6.45, 7) is 8.61. The Morgan fingerprint density at radius 2 is 2.06 bits per heavy atom. The molecule has 0 radical (unpaired) electrons. The molecule has 0 unspecified atom stereocenters. The van der Waals surface area contributed by atoms with Crippen molar-refractivity contribution in [2.75, 3.05) is 13.9 Å². The molecule has 0 saturated carbocycles. The van der Waals surface area contributed by atoms with Crippen LogP contribution in [0, 0.1) is 17.8 Å². The molecule has 0 saturated heterocycles. The first-order chi connectivity index (χ1) is 7.69.